The Balaban J connectivity index is 0.000000226. The summed E-state index contributed by atoms with van der Waals surface area (Å²) in [5, 5.41) is 18.0. The molecule has 4 rings (SSSR count). The highest BCUT2D eigenvalue weighted by atomic mass is 32.1. The number of anilines is 1. The third-order valence-electron chi connectivity index (χ3n) is 3.73. The van der Waals surface area contributed by atoms with Gasteiger partial charge in [0.15, 0.2) is 0 Å². The van der Waals surface area contributed by atoms with Crippen LogP contribution in [0.1, 0.15) is 0 Å². The van der Waals surface area contributed by atoms with E-state index in [0.717, 1.165) is 47.0 Å². The number of aromatic nitrogens is 3. The number of hydrogen-bond acceptors (Lipinski definition) is 8. The van der Waals surface area contributed by atoms with E-state index >= 15 is 0 Å². The number of carboxylic acid groups (broad SMARTS) is 2. The van der Waals surface area contributed by atoms with Crippen LogP contribution in [0, 0.1) is 0 Å². The molecule has 9 nitrogen and oxygen atoms in total. The predicted octanol–water partition coefficient (Wildman–Crippen LogP) is 1.79. The molecule has 0 amide bonds. The number of hydrogen-bond donors (Lipinski definition) is 2. The lowest BCUT2D eigenvalue weighted by atomic mass is 10.2. The molecule has 0 aliphatic carbocycles. The topological polar surface area (TPSA) is 126 Å². The molecular formula is C17H16N4O5S. The Morgan fingerprint density at radius 3 is 2.52 bits per heavy atom. The Bertz CT molecular complexity index is 981. The van der Waals surface area contributed by atoms with Crippen LogP contribution < -0.4 is 4.90 Å². The minimum atomic E-state index is -1.26. The van der Waals surface area contributed by atoms with Gasteiger partial charge in [0.05, 0.1) is 23.3 Å². The number of fused-ring (bicyclic) bond motifs is 3. The van der Waals surface area contributed by atoms with Gasteiger partial charge >= 0.3 is 11.9 Å². The minimum Gasteiger partial charge on any atom is -0.478 e. The summed E-state index contributed by atoms with van der Waals surface area (Å²) in [5.41, 5.74) is 0. The molecule has 27 heavy (non-hydrogen) atoms. The van der Waals surface area contributed by atoms with E-state index in [9.17, 15) is 9.59 Å². The molecule has 1 aliphatic rings. The van der Waals surface area contributed by atoms with Crippen molar-refractivity contribution < 1.29 is 24.5 Å². The van der Waals surface area contributed by atoms with E-state index in [4.69, 9.17) is 14.9 Å². The van der Waals surface area contributed by atoms with E-state index < -0.39 is 11.9 Å². The molecule has 3 aromatic rings. The molecule has 0 saturated carbocycles. The molecule has 0 aromatic carbocycles. The van der Waals surface area contributed by atoms with Crippen LogP contribution in [-0.4, -0.2) is 63.4 Å². The zero-order valence-corrected chi connectivity index (χ0v) is 14.9. The predicted molar refractivity (Wildman–Crippen MR) is 100 cm³/mol. The Hall–Kier alpha value is -3.11. The SMILES string of the molecule is O=C(O)/C=C\C(=O)O.c1cc2c(cn1)sc1ncnc(N3CCOCC3)c12. The summed E-state index contributed by atoms with van der Waals surface area (Å²) in [6, 6.07) is 2.04. The molecule has 0 bridgehead atoms. The summed E-state index contributed by atoms with van der Waals surface area (Å²) in [4.78, 5) is 35.5. The number of pyridine rings is 1. The smallest absolute Gasteiger partial charge is 0.328 e. The maximum Gasteiger partial charge on any atom is 0.328 e. The summed E-state index contributed by atoms with van der Waals surface area (Å²) in [7, 11) is 0. The molecule has 1 fully saturated rings. The number of nitrogens with zero attached hydrogens (tertiary/aromatic N) is 4. The van der Waals surface area contributed by atoms with Gasteiger partial charge in [-0.05, 0) is 6.07 Å². The molecule has 1 aliphatic heterocycles. The van der Waals surface area contributed by atoms with E-state index in [2.05, 4.69) is 19.9 Å². The van der Waals surface area contributed by atoms with E-state index in [1.807, 2.05) is 18.5 Å². The Morgan fingerprint density at radius 1 is 1.15 bits per heavy atom. The van der Waals surface area contributed by atoms with Gasteiger partial charge in [-0.2, -0.15) is 0 Å². The lowest BCUT2D eigenvalue weighted by Gasteiger charge is -2.28. The second-order valence-corrected chi connectivity index (χ2v) is 6.49. The van der Waals surface area contributed by atoms with Crippen molar-refractivity contribution in [2.24, 2.45) is 0 Å². The number of aliphatic carboxylic acids is 2. The minimum absolute atomic E-state index is 0.558. The first kappa shape index (κ1) is 18.7. The van der Waals surface area contributed by atoms with Crippen LogP contribution in [0.5, 0.6) is 0 Å². The standard InChI is InChI=1S/C13H12N4OS.C4H4O4/c1-2-14-7-10-9(1)11-12(15-8-16-13(11)19-10)17-3-5-18-6-4-17;5-3(6)1-2-4(7)8/h1-2,7-8H,3-6H2;1-2H,(H,5,6)(H,7,8)/b;2-1-. The Labute approximate surface area is 157 Å². The lowest BCUT2D eigenvalue weighted by Crippen LogP contribution is -2.36. The Kier molecular flexibility index (Phi) is 5.89. The summed E-state index contributed by atoms with van der Waals surface area (Å²) in [5.74, 6) is -1.49. The third kappa shape index (κ3) is 4.54. The molecule has 0 radical (unpaired) electrons. The van der Waals surface area contributed by atoms with Crippen molar-refractivity contribution in [3.8, 4) is 0 Å². The first-order chi connectivity index (χ1) is 13.1. The van der Waals surface area contributed by atoms with E-state index in [1.165, 1.54) is 5.39 Å². The molecule has 1 saturated heterocycles. The van der Waals surface area contributed by atoms with Crippen molar-refractivity contribution in [3.63, 3.8) is 0 Å². The fraction of sp³-hybridized carbons (Fsp3) is 0.235. The first-order valence-electron chi connectivity index (χ1n) is 8.00. The largest absolute Gasteiger partial charge is 0.478 e. The first-order valence-corrected chi connectivity index (χ1v) is 8.81. The molecule has 10 heteroatoms. The second kappa shape index (κ2) is 8.52. The third-order valence-corrected chi connectivity index (χ3v) is 4.78. The van der Waals surface area contributed by atoms with Crippen molar-refractivity contribution in [3.05, 3.63) is 36.9 Å². The van der Waals surface area contributed by atoms with Gasteiger partial charge in [-0.25, -0.2) is 19.6 Å². The number of carbonyl (C=O) groups is 2. The van der Waals surface area contributed by atoms with E-state index in [-0.39, 0.29) is 0 Å². The fourth-order valence-corrected chi connectivity index (χ4v) is 3.61. The molecule has 4 heterocycles. The van der Waals surface area contributed by atoms with E-state index in [1.54, 1.807) is 17.7 Å². The fourth-order valence-electron chi connectivity index (χ4n) is 2.60. The van der Waals surface area contributed by atoms with Gasteiger partial charge in [0.1, 0.15) is 17.0 Å². The maximum absolute atomic E-state index is 9.55. The number of ether oxygens (including phenoxy) is 1. The van der Waals surface area contributed by atoms with Crippen molar-refractivity contribution in [1.29, 1.82) is 0 Å². The normalized spacial score (nSPS) is 14.3. The van der Waals surface area contributed by atoms with E-state index in [0.29, 0.717) is 12.2 Å². The molecule has 3 aromatic heterocycles. The number of carboxylic acids is 2. The zero-order valence-electron chi connectivity index (χ0n) is 14.1. The van der Waals surface area contributed by atoms with Crippen LogP contribution in [0.25, 0.3) is 20.3 Å². The monoisotopic (exact) mass is 388 g/mol. The van der Waals surface area contributed by atoms with Gasteiger partial charge in [-0.1, -0.05) is 0 Å². The quantitative estimate of drug-likeness (QED) is 0.646. The van der Waals surface area contributed by atoms with Gasteiger partial charge in [-0.3, -0.25) is 4.98 Å². The summed E-state index contributed by atoms with van der Waals surface area (Å²) in [6.45, 7) is 3.29. The summed E-state index contributed by atoms with van der Waals surface area (Å²) >= 11 is 1.67. The number of rotatable bonds is 3. The van der Waals surface area contributed by atoms with Crippen molar-refractivity contribution in [2.45, 2.75) is 0 Å². The maximum atomic E-state index is 9.55. The van der Waals surface area contributed by atoms with Gasteiger partial charge in [0, 0.05) is 43.0 Å². The van der Waals surface area contributed by atoms with Crippen LogP contribution in [0.2, 0.25) is 0 Å². The lowest BCUT2D eigenvalue weighted by molar-refractivity contribution is -0.134. The van der Waals surface area contributed by atoms with Gasteiger partial charge in [-0.15, -0.1) is 11.3 Å². The highest BCUT2D eigenvalue weighted by Crippen LogP contribution is 2.36. The van der Waals surface area contributed by atoms with Crippen LogP contribution in [0.15, 0.2) is 36.9 Å². The van der Waals surface area contributed by atoms with Gasteiger partial charge in [0.2, 0.25) is 0 Å². The van der Waals surface area contributed by atoms with Crippen LogP contribution >= 0.6 is 11.3 Å². The highest BCUT2D eigenvalue weighted by molar-refractivity contribution is 7.25. The summed E-state index contributed by atoms with van der Waals surface area (Å²) in [6.07, 6.45) is 6.48. The number of thiophene rings is 1. The van der Waals surface area contributed by atoms with Crippen LogP contribution in [0.3, 0.4) is 0 Å². The molecule has 0 unspecified atom stereocenters. The van der Waals surface area contributed by atoms with Gasteiger partial charge in [0.25, 0.3) is 0 Å². The highest BCUT2D eigenvalue weighted by Gasteiger charge is 2.18. The van der Waals surface area contributed by atoms with Crippen LogP contribution in [-0.2, 0) is 14.3 Å². The van der Waals surface area contributed by atoms with Crippen molar-refractivity contribution in [1.82, 2.24) is 15.0 Å². The summed E-state index contributed by atoms with van der Waals surface area (Å²) < 4.78 is 6.57. The molecule has 0 spiro atoms. The van der Waals surface area contributed by atoms with Crippen LogP contribution in [0.4, 0.5) is 5.82 Å². The molecule has 2 N–H and O–H groups in total. The average molecular weight is 388 g/mol. The second-order valence-electron chi connectivity index (χ2n) is 5.46. The molecule has 140 valence electrons. The van der Waals surface area contributed by atoms with Gasteiger partial charge < -0.3 is 19.8 Å². The zero-order chi connectivity index (χ0) is 19.2. The van der Waals surface area contributed by atoms with Crippen molar-refractivity contribution >= 4 is 49.4 Å². The number of morpholine rings is 1. The molecule has 0 atom stereocenters. The van der Waals surface area contributed by atoms with Crippen molar-refractivity contribution in [2.75, 3.05) is 31.2 Å². The Morgan fingerprint density at radius 2 is 1.85 bits per heavy atom. The molecular weight excluding hydrogens is 372 g/mol. The average Bonchev–Trinajstić information content (AvgIpc) is 3.06.